The predicted molar refractivity (Wildman–Crippen MR) is 61.2 cm³/mol. The SMILES string of the molecule is C[C@@H]1OCCN(C(=O)OC(C)(C)C)[C@H]1CN. The van der Waals surface area contributed by atoms with Crippen molar-refractivity contribution in [2.75, 3.05) is 19.7 Å². The summed E-state index contributed by atoms with van der Waals surface area (Å²) in [4.78, 5) is 13.6. The number of hydrogen-bond acceptors (Lipinski definition) is 4. The molecule has 0 saturated carbocycles. The first-order valence-electron chi connectivity index (χ1n) is 5.66. The lowest BCUT2D eigenvalue weighted by Crippen LogP contribution is -2.56. The van der Waals surface area contributed by atoms with Gasteiger partial charge in [-0.15, -0.1) is 0 Å². The third-order valence-corrected chi connectivity index (χ3v) is 2.52. The Morgan fingerprint density at radius 2 is 2.19 bits per heavy atom. The highest BCUT2D eigenvalue weighted by molar-refractivity contribution is 5.68. The van der Waals surface area contributed by atoms with Crippen molar-refractivity contribution >= 4 is 6.09 Å². The van der Waals surface area contributed by atoms with E-state index in [1.54, 1.807) is 4.90 Å². The fourth-order valence-electron chi connectivity index (χ4n) is 1.73. The molecule has 1 aliphatic rings. The summed E-state index contributed by atoms with van der Waals surface area (Å²) < 4.78 is 10.8. The molecule has 1 amide bonds. The number of ether oxygens (including phenoxy) is 2. The lowest BCUT2D eigenvalue weighted by atomic mass is 10.1. The Labute approximate surface area is 96.9 Å². The van der Waals surface area contributed by atoms with Crippen LogP contribution in [0.15, 0.2) is 0 Å². The Kier molecular flexibility index (Phi) is 4.15. The van der Waals surface area contributed by atoms with Gasteiger partial charge in [-0.2, -0.15) is 0 Å². The summed E-state index contributed by atoms with van der Waals surface area (Å²) >= 11 is 0. The minimum absolute atomic E-state index is 0.0359. The largest absolute Gasteiger partial charge is 0.444 e. The third kappa shape index (κ3) is 3.35. The van der Waals surface area contributed by atoms with Crippen molar-refractivity contribution in [2.24, 2.45) is 5.73 Å². The molecule has 1 saturated heterocycles. The van der Waals surface area contributed by atoms with Crippen LogP contribution in [0, 0.1) is 0 Å². The second-order valence-electron chi connectivity index (χ2n) is 5.05. The first-order chi connectivity index (χ1) is 7.35. The molecular weight excluding hydrogens is 208 g/mol. The van der Waals surface area contributed by atoms with Gasteiger partial charge in [-0.1, -0.05) is 0 Å². The predicted octanol–water partition coefficient (Wildman–Crippen LogP) is 0.970. The molecule has 1 heterocycles. The second-order valence-corrected chi connectivity index (χ2v) is 5.05. The molecule has 1 fully saturated rings. The van der Waals surface area contributed by atoms with E-state index >= 15 is 0 Å². The van der Waals surface area contributed by atoms with Gasteiger partial charge in [0.1, 0.15) is 5.60 Å². The molecule has 16 heavy (non-hydrogen) atoms. The van der Waals surface area contributed by atoms with Crippen LogP contribution in [-0.4, -0.2) is 48.4 Å². The van der Waals surface area contributed by atoms with E-state index in [9.17, 15) is 4.79 Å². The maximum absolute atomic E-state index is 11.9. The zero-order valence-corrected chi connectivity index (χ0v) is 10.5. The second kappa shape index (κ2) is 5.01. The molecule has 5 nitrogen and oxygen atoms in total. The van der Waals surface area contributed by atoms with Gasteiger partial charge in [-0.3, -0.25) is 4.90 Å². The van der Waals surface area contributed by atoms with E-state index in [2.05, 4.69) is 0 Å². The Balaban J connectivity index is 2.66. The van der Waals surface area contributed by atoms with Crippen molar-refractivity contribution in [1.82, 2.24) is 4.90 Å². The number of nitrogens with two attached hydrogens (primary N) is 1. The maximum atomic E-state index is 11.9. The quantitative estimate of drug-likeness (QED) is 0.729. The monoisotopic (exact) mass is 230 g/mol. The summed E-state index contributed by atoms with van der Waals surface area (Å²) in [5.41, 5.74) is 5.18. The molecule has 1 aliphatic heterocycles. The summed E-state index contributed by atoms with van der Waals surface area (Å²) in [6.45, 7) is 8.96. The van der Waals surface area contributed by atoms with Gasteiger partial charge in [-0.05, 0) is 27.7 Å². The standard InChI is InChI=1S/C11H22N2O3/c1-8-9(7-12)13(5-6-15-8)10(14)16-11(2,3)4/h8-9H,5-7,12H2,1-4H3/t8-,9-/m0/s1. The van der Waals surface area contributed by atoms with Gasteiger partial charge in [0.25, 0.3) is 0 Å². The van der Waals surface area contributed by atoms with Crippen molar-refractivity contribution in [2.45, 2.75) is 45.4 Å². The zero-order chi connectivity index (χ0) is 12.3. The van der Waals surface area contributed by atoms with Crippen molar-refractivity contribution in [3.8, 4) is 0 Å². The zero-order valence-electron chi connectivity index (χ0n) is 10.5. The highest BCUT2D eigenvalue weighted by Crippen LogP contribution is 2.17. The number of carbonyl (C=O) groups is 1. The van der Waals surface area contributed by atoms with Gasteiger partial charge in [0.05, 0.1) is 18.8 Å². The molecule has 2 atom stereocenters. The molecule has 0 aromatic carbocycles. The van der Waals surface area contributed by atoms with Gasteiger partial charge in [0, 0.05) is 13.1 Å². The number of rotatable bonds is 1. The van der Waals surface area contributed by atoms with Crippen LogP contribution in [0.1, 0.15) is 27.7 Å². The first-order valence-corrected chi connectivity index (χ1v) is 5.66. The Hall–Kier alpha value is -0.810. The highest BCUT2D eigenvalue weighted by atomic mass is 16.6. The lowest BCUT2D eigenvalue weighted by molar-refractivity contribution is -0.0656. The van der Waals surface area contributed by atoms with Crippen LogP contribution in [0.2, 0.25) is 0 Å². The van der Waals surface area contributed by atoms with Gasteiger partial charge in [-0.25, -0.2) is 4.79 Å². The summed E-state index contributed by atoms with van der Waals surface area (Å²) in [5, 5.41) is 0. The van der Waals surface area contributed by atoms with E-state index in [1.807, 2.05) is 27.7 Å². The minimum Gasteiger partial charge on any atom is -0.444 e. The molecule has 0 bridgehead atoms. The molecular formula is C11H22N2O3. The summed E-state index contributed by atoms with van der Waals surface area (Å²) in [5.74, 6) is 0. The highest BCUT2D eigenvalue weighted by Gasteiger charge is 2.34. The van der Waals surface area contributed by atoms with Crippen molar-refractivity contribution < 1.29 is 14.3 Å². The topological polar surface area (TPSA) is 64.8 Å². The molecule has 0 aliphatic carbocycles. The van der Waals surface area contributed by atoms with Crippen molar-refractivity contribution in [1.29, 1.82) is 0 Å². The summed E-state index contributed by atoms with van der Waals surface area (Å²) in [7, 11) is 0. The average Bonchev–Trinajstić information content (AvgIpc) is 2.14. The normalized spacial score (nSPS) is 26.7. The minimum atomic E-state index is -0.474. The van der Waals surface area contributed by atoms with Crippen molar-refractivity contribution in [3.05, 3.63) is 0 Å². The summed E-state index contributed by atoms with van der Waals surface area (Å²) in [6, 6.07) is -0.0939. The van der Waals surface area contributed by atoms with Crippen LogP contribution >= 0.6 is 0 Å². The van der Waals surface area contributed by atoms with Crippen LogP contribution in [-0.2, 0) is 9.47 Å². The fraction of sp³-hybridized carbons (Fsp3) is 0.909. The van der Waals surface area contributed by atoms with E-state index in [0.29, 0.717) is 19.7 Å². The molecule has 0 aromatic heterocycles. The van der Waals surface area contributed by atoms with E-state index in [-0.39, 0.29) is 18.2 Å². The lowest BCUT2D eigenvalue weighted by Gasteiger charge is -2.39. The first kappa shape index (κ1) is 13.3. The maximum Gasteiger partial charge on any atom is 0.410 e. The van der Waals surface area contributed by atoms with Crippen molar-refractivity contribution in [3.63, 3.8) is 0 Å². The van der Waals surface area contributed by atoms with Gasteiger partial charge < -0.3 is 15.2 Å². The Bertz CT molecular complexity index is 250. The van der Waals surface area contributed by atoms with Crippen LogP contribution in [0.5, 0.6) is 0 Å². The molecule has 1 rings (SSSR count). The average molecular weight is 230 g/mol. The smallest absolute Gasteiger partial charge is 0.410 e. The number of amides is 1. The molecule has 0 aromatic rings. The Morgan fingerprint density at radius 3 is 2.69 bits per heavy atom. The van der Waals surface area contributed by atoms with Gasteiger partial charge >= 0.3 is 6.09 Å². The van der Waals surface area contributed by atoms with Crippen LogP contribution in [0.4, 0.5) is 4.79 Å². The molecule has 2 N–H and O–H groups in total. The van der Waals surface area contributed by atoms with E-state index in [0.717, 1.165) is 0 Å². The van der Waals surface area contributed by atoms with E-state index in [4.69, 9.17) is 15.2 Å². The number of morpholine rings is 1. The van der Waals surface area contributed by atoms with Crippen LogP contribution < -0.4 is 5.73 Å². The van der Waals surface area contributed by atoms with Gasteiger partial charge in [0.15, 0.2) is 0 Å². The van der Waals surface area contributed by atoms with E-state index in [1.165, 1.54) is 0 Å². The fourth-order valence-corrected chi connectivity index (χ4v) is 1.73. The molecule has 0 radical (unpaired) electrons. The molecule has 0 unspecified atom stereocenters. The number of hydrogen-bond donors (Lipinski definition) is 1. The molecule has 0 spiro atoms. The molecule has 94 valence electrons. The van der Waals surface area contributed by atoms with Gasteiger partial charge in [0.2, 0.25) is 0 Å². The van der Waals surface area contributed by atoms with E-state index < -0.39 is 5.60 Å². The third-order valence-electron chi connectivity index (χ3n) is 2.52. The van der Waals surface area contributed by atoms with Crippen LogP contribution in [0.3, 0.4) is 0 Å². The number of nitrogens with zero attached hydrogens (tertiary/aromatic N) is 1. The molecule has 5 heteroatoms. The summed E-state index contributed by atoms with van der Waals surface area (Å²) in [6.07, 6.45) is -0.343. The number of carbonyl (C=O) groups excluding carboxylic acids is 1. The Morgan fingerprint density at radius 1 is 1.56 bits per heavy atom. The van der Waals surface area contributed by atoms with Crippen LogP contribution in [0.25, 0.3) is 0 Å².